The lowest BCUT2D eigenvalue weighted by molar-refractivity contribution is 0.308. The molecule has 0 aliphatic heterocycles. The average molecular weight is 279 g/mol. The Kier molecular flexibility index (Phi) is 7.69. The highest BCUT2D eigenvalue weighted by molar-refractivity contribution is 7.80. The first kappa shape index (κ1) is 15.5. The van der Waals surface area contributed by atoms with Crippen LogP contribution in [0.5, 0.6) is 0 Å². The minimum absolute atomic E-state index is 0.539. The lowest BCUT2D eigenvalue weighted by Crippen LogP contribution is -2.38. The number of aromatic nitrogens is 1. The third-order valence-electron chi connectivity index (χ3n) is 2.69. The highest BCUT2D eigenvalue weighted by Gasteiger charge is 1.98. The molecule has 6 heteroatoms. The quantitative estimate of drug-likeness (QED) is 0.446. The molecule has 1 aromatic rings. The normalized spacial score (nSPS) is 10.9. The predicted molar refractivity (Wildman–Crippen MR) is 83.4 cm³/mol. The second kappa shape index (κ2) is 9.41. The van der Waals surface area contributed by atoms with Gasteiger partial charge in [0.25, 0.3) is 0 Å². The standard InChI is InChI=1S/C13H21N5S/c1-3-18(4-2)10-9-15-13(19)17-16-11-12-5-7-14-8-6-12/h5-8,11H,3-4,9-10H2,1-2H3,(H2,15,17,19)/b16-11-. The maximum Gasteiger partial charge on any atom is 0.187 e. The first-order valence-electron chi connectivity index (χ1n) is 6.45. The molecule has 0 aliphatic rings. The highest BCUT2D eigenvalue weighted by Crippen LogP contribution is 1.90. The Morgan fingerprint density at radius 2 is 2.05 bits per heavy atom. The smallest absolute Gasteiger partial charge is 0.187 e. The van der Waals surface area contributed by atoms with Crippen LogP contribution in [0.15, 0.2) is 29.6 Å². The second-order valence-corrected chi connectivity index (χ2v) is 4.34. The van der Waals surface area contributed by atoms with Gasteiger partial charge in [0.05, 0.1) is 6.21 Å². The molecule has 0 unspecified atom stereocenters. The van der Waals surface area contributed by atoms with Gasteiger partial charge in [0.1, 0.15) is 0 Å². The van der Waals surface area contributed by atoms with Crippen LogP contribution < -0.4 is 10.7 Å². The molecule has 0 aliphatic carbocycles. The van der Waals surface area contributed by atoms with Crippen molar-refractivity contribution in [3.63, 3.8) is 0 Å². The van der Waals surface area contributed by atoms with Crippen molar-refractivity contribution >= 4 is 23.5 Å². The number of thiocarbonyl (C=S) groups is 1. The van der Waals surface area contributed by atoms with E-state index < -0.39 is 0 Å². The second-order valence-electron chi connectivity index (χ2n) is 3.93. The molecule has 0 saturated carbocycles. The van der Waals surface area contributed by atoms with Crippen molar-refractivity contribution in [1.29, 1.82) is 0 Å². The molecule has 2 N–H and O–H groups in total. The molecule has 0 aromatic carbocycles. The Hall–Kier alpha value is -1.53. The van der Waals surface area contributed by atoms with E-state index in [-0.39, 0.29) is 0 Å². The van der Waals surface area contributed by atoms with Crippen molar-refractivity contribution in [2.24, 2.45) is 5.10 Å². The summed E-state index contributed by atoms with van der Waals surface area (Å²) in [5, 5.41) is 7.72. The average Bonchev–Trinajstić information content (AvgIpc) is 2.45. The summed E-state index contributed by atoms with van der Waals surface area (Å²) in [7, 11) is 0. The molecule has 104 valence electrons. The van der Waals surface area contributed by atoms with Crippen molar-refractivity contribution in [2.75, 3.05) is 26.2 Å². The molecule has 0 radical (unpaired) electrons. The molecule has 1 heterocycles. The topological polar surface area (TPSA) is 52.5 Å². The summed E-state index contributed by atoms with van der Waals surface area (Å²) in [6.45, 7) is 8.20. The lowest BCUT2D eigenvalue weighted by atomic mass is 10.3. The number of nitrogens with one attached hydrogen (secondary N) is 2. The third-order valence-corrected chi connectivity index (χ3v) is 2.93. The third kappa shape index (κ3) is 6.83. The number of nitrogens with zero attached hydrogens (tertiary/aromatic N) is 3. The summed E-state index contributed by atoms with van der Waals surface area (Å²) in [5.41, 5.74) is 3.77. The Labute approximate surface area is 120 Å². The van der Waals surface area contributed by atoms with Gasteiger partial charge in [0.15, 0.2) is 5.11 Å². The van der Waals surface area contributed by atoms with Crippen molar-refractivity contribution < 1.29 is 0 Å². The van der Waals surface area contributed by atoms with Crippen LogP contribution in [0.2, 0.25) is 0 Å². The summed E-state index contributed by atoms with van der Waals surface area (Å²) in [6, 6.07) is 3.75. The van der Waals surface area contributed by atoms with Crippen molar-refractivity contribution in [3.05, 3.63) is 30.1 Å². The van der Waals surface area contributed by atoms with Crippen LogP contribution in [0.1, 0.15) is 19.4 Å². The van der Waals surface area contributed by atoms with E-state index in [1.807, 2.05) is 12.1 Å². The van der Waals surface area contributed by atoms with Gasteiger partial charge in [0, 0.05) is 25.5 Å². The van der Waals surface area contributed by atoms with Crippen molar-refractivity contribution in [3.8, 4) is 0 Å². The molecular formula is C13H21N5S. The van der Waals surface area contributed by atoms with Crippen molar-refractivity contribution in [1.82, 2.24) is 20.6 Å². The molecule has 5 nitrogen and oxygen atoms in total. The minimum Gasteiger partial charge on any atom is -0.360 e. The van der Waals surface area contributed by atoms with E-state index in [0.717, 1.165) is 31.7 Å². The molecule has 0 bridgehead atoms. The summed E-state index contributed by atoms with van der Waals surface area (Å²) in [4.78, 5) is 6.27. The number of rotatable bonds is 7. The van der Waals surface area contributed by atoms with Crippen molar-refractivity contribution in [2.45, 2.75) is 13.8 Å². The fourth-order valence-corrected chi connectivity index (χ4v) is 1.68. The maximum absolute atomic E-state index is 5.13. The van der Waals surface area contributed by atoms with Gasteiger partial charge < -0.3 is 10.2 Å². The van der Waals surface area contributed by atoms with Gasteiger partial charge in [-0.05, 0) is 43.0 Å². The Balaban J connectivity index is 2.19. The minimum atomic E-state index is 0.539. The molecular weight excluding hydrogens is 258 g/mol. The molecule has 0 fully saturated rings. The zero-order valence-electron chi connectivity index (χ0n) is 11.5. The fourth-order valence-electron chi connectivity index (χ4n) is 1.52. The Morgan fingerprint density at radius 1 is 1.37 bits per heavy atom. The van der Waals surface area contributed by atoms with Gasteiger partial charge in [0.2, 0.25) is 0 Å². The highest BCUT2D eigenvalue weighted by atomic mass is 32.1. The molecule has 0 saturated heterocycles. The van der Waals surface area contributed by atoms with Crippen LogP contribution in [0.25, 0.3) is 0 Å². The molecule has 0 amide bonds. The van der Waals surface area contributed by atoms with Crippen LogP contribution >= 0.6 is 12.2 Å². The molecule has 0 atom stereocenters. The first-order valence-corrected chi connectivity index (χ1v) is 6.86. The largest absolute Gasteiger partial charge is 0.360 e. The SMILES string of the molecule is CCN(CC)CCNC(=S)N/N=C\c1ccncc1. The predicted octanol–water partition coefficient (Wildman–Crippen LogP) is 1.22. The summed E-state index contributed by atoms with van der Waals surface area (Å²) >= 11 is 5.13. The number of hydrogen-bond donors (Lipinski definition) is 2. The van der Waals surface area contributed by atoms with E-state index in [9.17, 15) is 0 Å². The van der Waals surface area contributed by atoms with Crippen LogP contribution in [0.4, 0.5) is 0 Å². The van der Waals surface area contributed by atoms with Gasteiger partial charge >= 0.3 is 0 Å². The first-order chi connectivity index (χ1) is 9.26. The summed E-state index contributed by atoms with van der Waals surface area (Å²) < 4.78 is 0. The number of hydrogen-bond acceptors (Lipinski definition) is 4. The zero-order valence-corrected chi connectivity index (χ0v) is 12.3. The van der Waals surface area contributed by atoms with Gasteiger partial charge in [-0.15, -0.1) is 0 Å². The molecule has 19 heavy (non-hydrogen) atoms. The zero-order chi connectivity index (χ0) is 13.9. The van der Waals surface area contributed by atoms with E-state index in [1.54, 1.807) is 18.6 Å². The number of pyridine rings is 1. The van der Waals surface area contributed by atoms with E-state index in [0.29, 0.717) is 5.11 Å². The monoisotopic (exact) mass is 279 g/mol. The van der Waals surface area contributed by atoms with Crippen LogP contribution in [-0.2, 0) is 0 Å². The van der Waals surface area contributed by atoms with E-state index in [1.165, 1.54) is 0 Å². The van der Waals surface area contributed by atoms with Gasteiger partial charge in [-0.2, -0.15) is 5.10 Å². The Bertz CT molecular complexity index is 389. The number of likely N-dealkylation sites (N-methyl/N-ethyl adjacent to an activating group) is 1. The van der Waals surface area contributed by atoms with Crippen LogP contribution in [0.3, 0.4) is 0 Å². The molecule has 1 rings (SSSR count). The lowest BCUT2D eigenvalue weighted by Gasteiger charge is -2.18. The number of hydrazone groups is 1. The van der Waals surface area contributed by atoms with E-state index in [2.05, 4.69) is 39.6 Å². The van der Waals surface area contributed by atoms with E-state index in [4.69, 9.17) is 12.2 Å². The maximum atomic E-state index is 5.13. The fraction of sp³-hybridized carbons (Fsp3) is 0.462. The van der Waals surface area contributed by atoms with Gasteiger partial charge in [-0.25, -0.2) is 0 Å². The molecule has 0 spiro atoms. The molecule has 1 aromatic heterocycles. The van der Waals surface area contributed by atoms with Gasteiger partial charge in [-0.1, -0.05) is 13.8 Å². The van der Waals surface area contributed by atoms with Gasteiger partial charge in [-0.3, -0.25) is 10.4 Å². The van der Waals surface area contributed by atoms with E-state index >= 15 is 0 Å². The van der Waals surface area contributed by atoms with Crippen LogP contribution in [0, 0.1) is 0 Å². The van der Waals surface area contributed by atoms with Crippen LogP contribution in [-0.4, -0.2) is 47.4 Å². The Morgan fingerprint density at radius 3 is 2.68 bits per heavy atom. The summed E-state index contributed by atoms with van der Waals surface area (Å²) in [5.74, 6) is 0. The summed E-state index contributed by atoms with van der Waals surface area (Å²) in [6.07, 6.45) is 5.16.